The topological polar surface area (TPSA) is 29.5 Å². The minimum absolute atomic E-state index is 0.122. The van der Waals surface area contributed by atoms with Crippen molar-refractivity contribution in [2.75, 3.05) is 6.61 Å². The second-order valence-corrected chi connectivity index (χ2v) is 5.72. The molecule has 112 valence electrons. The highest BCUT2D eigenvalue weighted by Crippen LogP contribution is 2.30. The molecule has 1 saturated carbocycles. The van der Waals surface area contributed by atoms with Crippen molar-refractivity contribution in [3.8, 4) is 0 Å². The molecular formula is C17H25FO2. The molecular weight excluding hydrogens is 255 g/mol. The van der Waals surface area contributed by atoms with Crippen LogP contribution in [0.25, 0.3) is 0 Å². The van der Waals surface area contributed by atoms with Gasteiger partial charge in [0.2, 0.25) is 0 Å². The van der Waals surface area contributed by atoms with Gasteiger partial charge in [0.15, 0.2) is 0 Å². The number of benzene rings is 1. The maximum absolute atomic E-state index is 13.2. The van der Waals surface area contributed by atoms with E-state index in [4.69, 9.17) is 4.74 Å². The van der Waals surface area contributed by atoms with Crippen LogP contribution in [0.2, 0.25) is 0 Å². The van der Waals surface area contributed by atoms with Crippen molar-refractivity contribution in [2.24, 2.45) is 5.92 Å². The Kier molecular flexibility index (Phi) is 5.99. The van der Waals surface area contributed by atoms with Gasteiger partial charge in [0.05, 0.1) is 12.2 Å². The predicted octanol–water partition coefficient (Wildman–Crippen LogP) is 3.71. The van der Waals surface area contributed by atoms with Gasteiger partial charge < -0.3 is 9.84 Å². The minimum Gasteiger partial charge on any atom is -0.390 e. The fourth-order valence-corrected chi connectivity index (χ4v) is 3.24. The van der Waals surface area contributed by atoms with Crippen LogP contribution in [0.3, 0.4) is 0 Å². The van der Waals surface area contributed by atoms with E-state index in [9.17, 15) is 9.50 Å². The lowest BCUT2D eigenvalue weighted by atomic mass is 9.82. The van der Waals surface area contributed by atoms with Crippen molar-refractivity contribution >= 4 is 0 Å². The van der Waals surface area contributed by atoms with Crippen LogP contribution in [0.5, 0.6) is 0 Å². The van der Waals surface area contributed by atoms with Crippen molar-refractivity contribution < 1.29 is 14.2 Å². The Morgan fingerprint density at radius 1 is 1.30 bits per heavy atom. The summed E-state index contributed by atoms with van der Waals surface area (Å²) in [7, 11) is 0. The lowest BCUT2D eigenvalue weighted by molar-refractivity contribution is -0.0715. The molecule has 0 spiro atoms. The van der Waals surface area contributed by atoms with Crippen molar-refractivity contribution in [1.82, 2.24) is 0 Å². The Balaban J connectivity index is 2.00. The fraction of sp³-hybridized carbons (Fsp3) is 0.647. The molecule has 0 bridgehead atoms. The quantitative estimate of drug-likeness (QED) is 0.860. The highest BCUT2D eigenvalue weighted by molar-refractivity contribution is 5.17. The third-order valence-electron chi connectivity index (χ3n) is 4.19. The van der Waals surface area contributed by atoms with Crippen LogP contribution in [-0.2, 0) is 11.2 Å². The first-order chi connectivity index (χ1) is 9.70. The molecule has 1 aliphatic carbocycles. The van der Waals surface area contributed by atoms with Gasteiger partial charge in [-0.3, -0.25) is 0 Å². The number of halogens is 1. The summed E-state index contributed by atoms with van der Waals surface area (Å²) >= 11 is 0. The molecule has 2 nitrogen and oxygen atoms in total. The first-order valence-electron chi connectivity index (χ1n) is 7.74. The van der Waals surface area contributed by atoms with Crippen LogP contribution in [0.4, 0.5) is 4.39 Å². The van der Waals surface area contributed by atoms with Gasteiger partial charge in [-0.15, -0.1) is 0 Å². The number of hydrogen-bond acceptors (Lipinski definition) is 2. The first-order valence-corrected chi connectivity index (χ1v) is 7.74. The molecule has 1 fully saturated rings. The Morgan fingerprint density at radius 2 is 2.05 bits per heavy atom. The minimum atomic E-state index is -0.556. The summed E-state index contributed by atoms with van der Waals surface area (Å²) in [6.45, 7) is 2.58. The van der Waals surface area contributed by atoms with E-state index in [0.717, 1.165) is 18.4 Å². The first kappa shape index (κ1) is 15.5. The number of rotatable bonds is 6. The molecule has 1 N–H and O–H groups in total. The smallest absolute Gasteiger partial charge is 0.123 e. The zero-order valence-electron chi connectivity index (χ0n) is 12.2. The van der Waals surface area contributed by atoms with Gasteiger partial charge in [0.25, 0.3) is 0 Å². The molecule has 0 amide bonds. The molecule has 0 heterocycles. The number of hydrogen-bond donors (Lipinski definition) is 1. The van der Waals surface area contributed by atoms with Crippen molar-refractivity contribution in [3.05, 3.63) is 35.6 Å². The second kappa shape index (κ2) is 7.75. The SMILES string of the molecule is CCOC(C(O)Cc1cccc(F)c1)C1CCCCC1. The van der Waals surface area contributed by atoms with E-state index in [-0.39, 0.29) is 11.9 Å². The molecule has 0 saturated heterocycles. The summed E-state index contributed by atoms with van der Waals surface area (Å²) in [5.41, 5.74) is 0.831. The zero-order chi connectivity index (χ0) is 14.4. The molecule has 0 aromatic heterocycles. The highest BCUT2D eigenvalue weighted by Gasteiger charge is 2.30. The third kappa shape index (κ3) is 4.29. The second-order valence-electron chi connectivity index (χ2n) is 5.72. The Hall–Kier alpha value is -0.930. The summed E-state index contributed by atoms with van der Waals surface area (Å²) in [6.07, 6.45) is 5.77. The van der Waals surface area contributed by atoms with E-state index in [1.807, 2.05) is 13.0 Å². The maximum atomic E-state index is 13.2. The summed E-state index contributed by atoms with van der Waals surface area (Å²) in [5.74, 6) is 0.188. The van der Waals surface area contributed by atoms with Gasteiger partial charge in [0.1, 0.15) is 5.82 Å². The van der Waals surface area contributed by atoms with Crippen molar-refractivity contribution in [3.63, 3.8) is 0 Å². The van der Waals surface area contributed by atoms with E-state index in [0.29, 0.717) is 18.9 Å². The van der Waals surface area contributed by atoms with Gasteiger partial charge in [0, 0.05) is 13.0 Å². The largest absolute Gasteiger partial charge is 0.390 e. The van der Waals surface area contributed by atoms with Crippen LogP contribution in [0.15, 0.2) is 24.3 Å². The third-order valence-corrected chi connectivity index (χ3v) is 4.19. The van der Waals surface area contributed by atoms with Crippen molar-refractivity contribution in [2.45, 2.75) is 57.7 Å². The van der Waals surface area contributed by atoms with Crippen molar-refractivity contribution in [1.29, 1.82) is 0 Å². The number of aliphatic hydroxyl groups is 1. The van der Waals surface area contributed by atoms with Gasteiger partial charge >= 0.3 is 0 Å². The molecule has 20 heavy (non-hydrogen) atoms. The van der Waals surface area contributed by atoms with E-state index in [1.165, 1.54) is 31.4 Å². The number of ether oxygens (including phenoxy) is 1. The zero-order valence-corrected chi connectivity index (χ0v) is 12.2. The van der Waals surface area contributed by atoms with Gasteiger partial charge in [-0.25, -0.2) is 4.39 Å². The predicted molar refractivity (Wildman–Crippen MR) is 78.1 cm³/mol. The lowest BCUT2D eigenvalue weighted by Gasteiger charge is -2.33. The van der Waals surface area contributed by atoms with Crippen LogP contribution in [0.1, 0.15) is 44.6 Å². The normalized spacial score (nSPS) is 19.8. The standard InChI is InChI=1S/C17H25FO2/c1-2-20-17(14-8-4-3-5-9-14)16(19)12-13-7-6-10-15(18)11-13/h6-7,10-11,14,16-17,19H,2-5,8-9,12H2,1H3. The summed E-state index contributed by atoms with van der Waals surface area (Å²) in [6, 6.07) is 6.47. The van der Waals surface area contributed by atoms with E-state index in [1.54, 1.807) is 6.07 Å². The number of aliphatic hydroxyl groups excluding tert-OH is 1. The Morgan fingerprint density at radius 3 is 2.70 bits per heavy atom. The van der Waals surface area contributed by atoms with Crippen LogP contribution >= 0.6 is 0 Å². The Bertz CT molecular complexity index is 402. The average molecular weight is 280 g/mol. The van der Waals surface area contributed by atoms with Crippen LogP contribution in [-0.4, -0.2) is 23.9 Å². The fourth-order valence-electron chi connectivity index (χ4n) is 3.24. The summed E-state index contributed by atoms with van der Waals surface area (Å²) < 4.78 is 19.0. The molecule has 1 aromatic carbocycles. The summed E-state index contributed by atoms with van der Waals surface area (Å²) in [4.78, 5) is 0. The van der Waals surface area contributed by atoms with E-state index >= 15 is 0 Å². The van der Waals surface area contributed by atoms with E-state index in [2.05, 4.69) is 0 Å². The van der Waals surface area contributed by atoms with Gasteiger partial charge in [-0.05, 0) is 43.4 Å². The van der Waals surface area contributed by atoms with Gasteiger partial charge in [-0.1, -0.05) is 31.4 Å². The molecule has 1 aliphatic rings. The summed E-state index contributed by atoms with van der Waals surface area (Å²) in [5, 5.41) is 10.5. The molecule has 1 aromatic rings. The molecule has 3 heteroatoms. The monoisotopic (exact) mass is 280 g/mol. The Labute approximate surface area is 121 Å². The van der Waals surface area contributed by atoms with Crippen LogP contribution in [0, 0.1) is 11.7 Å². The molecule has 2 atom stereocenters. The highest BCUT2D eigenvalue weighted by atomic mass is 19.1. The van der Waals surface area contributed by atoms with Gasteiger partial charge in [-0.2, -0.15) is 0 Å². The maximum Gasteiger partial charge on any atom is 0.123 e. The van der Waals surface area contributed by atoms with Crippen LogP contribution < -0.4 is 0 Å². The lowest BCUT2D eigenvalue weighted by Crippen LogP contribution is -2.38. The molecule has 2 rings (SSSR count). The molecule has 0 radical (unpaired) electrons. The molecule has 0 aliphatic heterocycles. The molecule has 2 unspecified atom stereocenters. The average Bonchev–Trinajstić information content (AvgIpc) is 2.45. The van der Waals surface area contributed by atoms with E-state index < -0.39 is 6.10 Å².